The fourth-order valence-corrected chi connectivity index (χ4v) is 2.15. The molecule has 0 unspecified atom stereocenters. The number of aryl methyl sites for hydroxylation is 1. The molecule has 0 saturated carbocycles. The quantitative estimate of drug-likeness (QED) is 0.592. The van der Waals surface area contributed by atoms with Gasteiger partial charge in [0.25, 0.3) is 5.91 Å². The molecule has 21 heavy (non-hydrogen) atoms. The van der Waals surface area contributed by atoms with Crippen LogP contribution in [0.4, 0.5) is 11.4 Å². The molecule has 2 aromatic rings. The van der Waals surface area contributed by atoms with E-state index in [0.29, 0.717) is 17.2 Å². The van der Waals surface area contributed by atoms with Gasteiger partial charge in [0.2, 0.25) is 0 Å². The van der Waals surface area contributed by atoms with E-state index < -0.39 is 0 Å². The van der Waals surface area contributed by atoms with E-state index in [1.165, 1.54) is 5.56 Å². The number of anilines is 2. The number of nitrogens with two attached hydrogens (primary N) is 1. The van der Waals surface area contributed by atoms with Crippen LogP contribution >= 0.6 is 0 Å². The number of nitrogen functional groups attached to an aromatic ring is 1. The van der Waals surface area contributed by atoms with E-state index in [1.54, 1.807) is 6.07 Å². The third-order valence-electron chi connectivity index (χ3n) is 3.39. The first-order valence-electron chi connectivity index (χ1n) is 7.00. The summed E-state index contributed by atoms with van der Waals surface area (Å²) in [4.78, 5) is 12.4. The first kappa shape index (κ1) is 15.1. The molecule has 0 saturated heterocycles. The van der Waals surface area contributed by atoms with Crippen molar-refractivity contribution in [3.63, 3.8) is 0 Å². The van der Waals surface area contributed by atoms with Crippen LogP contribution in [0.15, 0.2) is 42.5 Å². The van der Waals surface area contributed by atoms with Gasteiger partial charge < -0.3 is 10.7 Å². The van der Waals surface area contributed by atoms with Crippen LogP contribution < -0.4 is 16.6 Å². The zero-order chi connectivity index (χ0) is 15.4. The lowest BCUT2D eigenvalue weighted by molar-refractivity contribution is 0.102. The number of carbonyl (C=O) groups is 1. The molecule has 0 bridgehead atoms. The van der Waals surface area contributed by atoms with Gasteiger partial charge in [0, 0.05) is 5.69 Å². The number of nitrogens with one attached hydrogen (secondary N) is 2. The molecule has 4 N–H and O–H groups in total. The van der Waals surface area contributed by atoms with Crippen molar-refractivity contribution in [1.29, 1.82) is 0 Å². The highest BCUT2D eigenvalue weighted by Gasteiger charge is 2.12. The summed E-state index contributed by atoms with van der Waals surface area (Å²) in [5.41, 5.74) is 6.69. The number of hydrogen-bond acceptors (Lipinski definition) is 3. The number of benzene rings is 2. The average molecular weight is 283 g/mol. The summed E-state index contributed by atoms with van der Waals surface area (Å²) in [5, 5.41) is 2.92. The van der Waals surface area contributed by atoms with Crippen molar-refractivity contribution in [2.45, 2.75) is 26.7 Å². The second-order valence-electron chi connectivity index (χ2n) is 5.43. The second-order valence-corrected chi connectivity index (χ2v) is 5.43. The van der Waals surface area contributed by atoms with Gasteiger partial charge in [0.15, 0.2) is 0 Å². The minimum atomic E-state index is -0.174. The molecule has 2 rings (SSSR count). The molecular formula is C17H21N3O. The monoisotopic (exact) mass is 283 g/mol. The average Bonchev–Trinajstić information content (AvgIpc) is 2.47. The summed E-state index contributed by atoms with van der Waals surface area (Å²) in [5.74, 6) is 5.71. The predicted molar refractivity (Wildman–Crippen MR) is 87.5 cm³/mol. The highest BCUT2D eigenvalue weighted by molar-refractivity contribution is 6.08. The lowest BCUT2D eigenvalue weighted by Crippen LogP contribution is -2.17. The summed E-state index contributed by atoms with van der Waals surface area (Å²) in [7, 11) is 0. The van der Waals surface area contributed by atoms with Crippen LogP contribution in [0.3, 0.4) is 0 Å². The van der Waals surface area contributed by atoms with Crippen LogP contribution in [0.1, 0.15) is 41.3 Å². The van der Waals surface area contributed by atoms with E-state index in [0.717, 1.165) is 11.3 Å². The lowest BCUT2D eigenvalue weighted by atomic mass is 10.0. The van der Waals surface area contributed by atoms with Gasteiger partial charge in [-0.3, -0.25) is 10.6 Å². The molecule has 0 aliphatic rings. The Morgan fingerprint density at radius 2 is 1.90 bits per heavy atom. The maximum absolute atomic E-state index is 12.4. The van der Waals surface area contributed by atoms with Crippen molar-refractivity contribution >= 4 is 17.3 Å². The van der Waals surface area contributed by atoms with Crippen molar-refractivity contribution in [2.75, 3.05) is 10.7 Å². The number of carbonyl (C=O) groups excluding carboxylic acids is 1. The molecule has 0 radical (unpaired) electrons. The molecule has 0 aromatic heterocycles. The van der Waals surface area contributed by atoms with Crippen molar-refractivity contribution in [3.05, 3.63) is 59.2 Å². The van der Waals surface area contributed by atoms with Gasteiger partial charge in [-0.1, -0.05) is 37.6 Å². The van der Waals surface area contributed by atoms with Crippen LogP contribution in [0.25, 0.3) is 0 Å². The Labute approximate surface area is 125 Å². The molecule has 4 heteroatoms. The standard InChI is InChI=1S/C17H21N3O/c1-11(2)13-5-4-6-14(10-13)19-17(21)15-9-12(3)7-8-16(15)20-18/h4-11,20H,18H2,1-3H3,(H,19,21). The van der Waals surface area contributed by atoms with E-state index in [4.69, 9.17) is 5.84 Å². The summed E-state index contributed by atoms with van der Waals surface area (Å²) >= 11 is 0. The molecular weight excluding hydrogens is 262 g/mol. The fraction of sp³-hybridized carbons (Fsp3) is 0.235. The van der Waals surface area contributed by atoms with E-state index in [1.807, 2.05) is 37.3 Å². The Morgan fingerprint density at radius 3 is 2.57 bits per heavy atom. The Kier molecular flexibility index (Phi) is 4.60. The molecule has 0 heterocycles. The summed E-state index contributed by atoms with van der Waals surface area (Å²) in [6.45, 7) is 6.19. The maximum Gasteiger partial charge on any atom is 0.257 e. The predicted octanol–water partition coefficient (Wildman–Crippen LogP) is 3.66. The molecule has 1 amide bonds. The molecule has 0 aliphatic heterocycles. The highest BCUT2D eigenvalue weighted by atomic mass is 16.1. The van der Waals surface area contributed by atoms with Gasteiger partial charge >= 0.3 is 0 Å². The van der Waals surface area contributed by atoms with Crippen LogP contribution in [-0.2, 0) is 0 Å². The van der Waals surface area contributed by atoms with Gasteiger partial charge in [-0.25, -0.2) is 0 Å². The Hall–Kier alpha value is -2.33. The minimum absolute atomic E-state index is 0.174. The maximum atomic E-state index is 12.4. The molecule has 0 aliphatic carbocycles. The van der Waals surface area contributed by atoms with E-state index in [2.05, 4.69) is 30.7 Å². The van der Waals surface area contributed by atoms with Crippen molar-refractivity contribution < 1.29 is 4.79 Å². The van der Waals surface area contributed by atoms with Crippen LogP contribution in [0.5, 0.6) is 0 Å². The Bertz CT molecular complexity index is 650. The molecule has 0 atom stereocenters. The third-order valence-corrected chi connectivity index (χ3v) is 3.39. The zero-order valence-corrected chi connectivity index (χ0v) is 12.6. The number of hydrogen-bond donors (Lipinski definition) is 3. The van der Waals surface area contributed by atoms with Gasteiger partial charge in [0.1, 0.15) is 0 Å². The molecule has 2 aromatic carbocycles. The molecule has 0 fully saturated rings. The summed E-state index contributed by atoms with van der Waals surface area (Å²) in [6, 6.07) is 13.4. The number of amides is 1. The minimum Gasteiger partial charge on any atom is -0.323 e. The largest absolute Gasteiger partial charge is 0.323 e. The van der Waals surface area contributed by atoms with Gasteiger partial charge in [0.05, 0.1) is 11.3 Å². The van der Waals surface area contributed by atoms with E-state index >= 15 is 0 Å². The van der Waals surface area contributed by atoms with E-state index in [9.17, 15) is 4.79 Å². The SMILES string of the molecule is Cc1ccc(NN)c(C(=O)Nc2cccc(C(C)C)c2)c1. The van der Waals surface area contributed by atoms with Gasteiger partial charge in [-0.15, -0.1) is 0 Å². The van der Waals surface area contributed by atoms with Crippen molar-refractivity contribution in [3.8, 4) is 0 Å². The van der Waals surface area contributed by atoms with Crippen molar-refractivity contribution in [1.82, 2.24) is 0 Å². The Balaban J connectivity index is 2.26. The first-order chi connectivity index (χ1) is 10.0. The summed E-state index contributed by atoms with van der Waals surface area (Å²) < 4.78 is 0. The topological polar surface area (TPSA) is 67.1 Å². The normalized spacial score (nSPS) is 10.5. The number of rotatable bonds is 4. The third kappa shape index (κ3) is 3.61. The fourth-order valence-electron chi connectivity index (χ4n) is 2.15. The van der Waals surface area contributed by atoms with Crippen molar-refractivity contribution in [2.24, 2.45) is 5.84 Å². The van der Waals surface area contributed by atoms with Gasteiger partial charge in [-0.05, 0) is 42.7 Å². The highest BCUT2D eigenvalue weighted by Crippen LogP contribution is 2.21. The van der Waals surface area contributed by atoms with Crippen LogP contribution in [-0.4, -0.2) is 5.91 Å². The molecule has 4 nitrogen and oxygen atoms in total. The smallest absolute Gasteiger partial charge is 0.257 e. The Morgan fingerprint density at radius 1 is 1.14 bits per heavy atom. The van der Waals surface area contributed by atoms with E-state index in [-0.39, 0.29) is 5.91 Å². The molecule has 110 valence electrons. The van der Waals surface area contributed by atoms with Crippen LogP contribution in [0, 0.1) is 6.92 Å². The van der Waals surface area contributed by atoms with Crippen LogP contribution in [0.2, 0.25) is 0 Å². The molecule has 0 spiro atoms. The second kappa shape index (κ2) is 6.41. The summed E-state index contributed by atoms with van der Waals surface area (Å²) in [6.07, 6.45) is 0. The first-order valence-corrected chi connectivity index (χ1v) is 7.00. The lowest BCUT2D eigenvalue weighted by Gasteiger charge is -2.12. The van der Waals surface area contributed by atoms with Gasteiger partial charge in [-0.2, -0.15) is 0 Å². The number of hydrazine groups is 1. The zero-order valence-electron chi connectivity index (χ0n) is 12.6.